The largest absolute Gasteiger partial charge is 0.393 e. The molecule has 22 heavy (non-hydrogen) atoms. The zero-order chi connectivity index (χ0) is 16.1. The molecule has 5 N–H and O–H groups in total. The average Bonchev–Trinajstić information content (AvgIpc) is 2.50. The van der Waals surface area contributed by atoms with E-state index in [1.807, 2.05) is 0 Å². The molecule has 0 fully saturated rings. The third-order valence-electron chi connectivity index (χ3n) is 2.83. The van der Waals surface area contributed by atoms with E-state index in [2.05, 4.69) is 22.2 Å². The first-order valence-electron chi connectivity index (χ1n) is 6.74. The van der Waals surface area contributed by atoms with Crippen molar-refractivity contribution in [1.82, 2.24) is 9.97 Å². The molecular weight excluding hydrogens is 325 g/mol. The summed E-state index contributed by atoms with van der Waals surface area (Å²) in [5.41, 5.74) is 12.7. The number of nitrogens with zero attached hydrogens (tertiary/aromatic N) is 2. The number of anilines is 3. The highest BCUT2D eigenvalue weighted by Crippen LogP contribution is 2.26. The van der Waals surface area contributed by atoms with Gasteiger partial charge in [-0.25, -0.2) is 14.4 Å². The minimum Gasteiger partial charge on any atom is -0.393 e. The molecule has 2 aromatic rings. The summed E-state index contributed by atoms with van der Waals surface area (Å²) in [5, 5.41) is 3.71. The van der Waals surface area contributed by atoms with E-state index in [1.165, 1.54) is 23.9 Å². The summed E-state index contributed by atoms with van der Waals surface area (Å²) in [7, 11) is 0. The number of nitrogen functional groups attached to an aromatic ring is 2. The monoisotopic (exact) mass is 341 g/mol. The lowest BCUT2D eigenvalue weighted by atomic mass is 10.2. The zero-order valence-corrected chi connectivity index (χ0v) is 13.6. The number of nitrogens with one attached hydrogen (secondary N) is 1. The molecular formula is C14H17ClFN5S. The van der Waals surface area contributed by atoms with Crippen LogP contribution in [0.15, 0.2) is 23.4 Å². The number of hydrogen-bond donors (Lipinski definition) is 3. The lowest BCUT2D eigenvalue weighted by Crippen LogP contribution is -2.09. The predicted octanol–water partition coefficient (Wildman–Crippen LogP) is 3.55. The van der Waals surface area contributed by atoms with Crippen molar-refractivity contribution in [2.75, 3.05) is 22.5 Å². The number of nitrogens with two attached hydrogens (primary N) is 2. The van der Waals surface area contributed by atoms with E-state index in [0.29, 0.717) is 17.5 Å². The molecule has 0 atom stereocenters. The summed E-state index contributed by atoms with van der Waals surface area (Å²) in [5.74, 6) is 1.11. The van der Waals surface area contributed by atoms with Crippen LogP contribution in [0.1, 0.15) is 18.9 Å². The van der Waals surface area contributed by atoms with E-state index in [-0.39, 0.29) is 16.5 Å². The van der Waals surface area contributed by atoms with Gasteiger partial charge in [-0.1, -0.05) is 36.4 Å². The van der Waals surface area contributed by atoms with E-state index >= 15 is 0 Å². The molecule has 0 aliphatic rings. The van der Waals surface area contributed by atoms with E-state index in [9.17, 15) is 4.39 Å². The molecule has 0 aliphatic heterocycles. The van der Waals surface area contributed by atoms with Gasteiger partial charge in [0.25, 0.3) is 0 Å². The van der Waals surface area contributed by atoms with Crippen LogP contribution in [0, 0.1) is 5.82 Å². The van der Waals surface area contributed by atoms with E-state index < -0.39 is 5.82 Å². The first kappa shape index (κ1) is 16.6. The number of rotatable bonds is 6. The molecule has 0 amide bonds. The molecule has 0 spiro atoms. The van der Waals surface area contributed by atoms with Gasteiger partial charge in [-0.2, -0.15) is 0 Å². The van der Waals surface area contributed by atoms with Crippen molar-refractivity contribution in [1.29, 1.82) is 0 Å². The van der Waals surface area contributed by atoms with E-state index in [0.717, 1.165) is 17.7 Å². The summed E-state index contributed by atoms with van der Waals surface area (Å²) in [4.78, 5) is 8.48. The molecule has 1 aromatic heterocycles. The molecule has 2 rings (SSSR count). The summed E-state index contributed by atoms with van der Waals surface area (Å²) in [6.07, 6.45) is 1.01. The fraction of sp³-hybridized carbons (Fsp3) is 0.286. The maximum atomic E-state index is 13.4. The van der Waals surface area contributed by atoms with E-state index in [4.69, 9.17) is 23.1 Å². The highest BCUT2D eigenvalue weighted by Gasteiger charge is 2.10. The Labute approximate surface area is 137 Å². The Morgan fingerprint density at radius 1 is 1.32 bits per heavy atom. The fourth-order valence-electron chi connectivity index (χ4n) is 1.69. The lowest BCUT2D eigenvalue weighted by molar-refractivity contribution is 0.626. The van der Waals surface area contributed by atoms with Crippen LogP contribution >= 0.6 is 23.4 Å². The number of halogens is 2. The molecule has 0 radical (unpaired) electrons. The zero-order valence-electron chi connectivity index (χ0n) is 12.1. The van der Waals surface area contributed by atoms with Crippen LogP contribution in [0.2, 0.25) is 5.02 Å². The molecule has 0 saturated heterocycles. The van der Waals surface area contributed by atoms with Crippen molar-refractivity contribution in [2.45, 2.75) is 25.0 Å². The second kappa shape index (κ2) is 7.51. The maximum absolute atomic E-state index is 13.4. The normalized spacial score (nSPS) is 10.7. The van der Waals surface area contributed by atoms with Crippen LogP contribution in [0.4, 0.5) is 21.7 Å². The maximum Gasteiger partial charge on any atom is 0.191 e. The van der Waals surface area contributed by atoms with Crippen molar-refractivity contribution in [3.8, 4) is 0 Å². The molecule has 1 aromatic carbocycles. The van der Waals surface area contributed by atoms with Crippen LogP contribution in [0.25, 0.3) is 0 Å². The first-order chi connectivity index (χ1) is 10.5. The van der Waals surface area contributed by atoms with Gasteiger partial charge in [0.15, 0.2) is 16.8 Å². The van der Waals surface area contributed by atoms with Crippen molar-refractivity contribution in [3.05, 3.63) is 34.6 Å². The van der Waals surface area contributed by atoms with Crippen LogP contribution in [-0.4, -0.2) is 15.7 Å². The van der Waals surface area contributed by atoms with Gasteiger partial charge in [-0.05, 0) is 24.1 Å². The summed E-state index contributed by atoms with van der Waals surface area (Å²) < 4.78 is 13.4. The van der Waals surface area contributed by atoms with Gasteiger partial charge in [0, 0.05) is 12.3 Å². The van der Waals surface area contributed by atoms with Gasteiger partial charge in [-0.15, -0.1) is 0 Å². The second-order valence-electron chi connectivity index (χ2n) is 4.60. The fourth-order valence-corrected chi connectivity index (χ4v) is 2.52. The third kappa shape index (κ3) is 4.14. The number of hydrogen-bond acceptors (Lipinski definition) is 6. The van der Waals surface area contributed by atoms with Gasteiger partial charge in [0.2, 0.25) is 0 Å². The molecule has 0 bridgehead atoms. The van der Waals surface area contributed by atoms with Gasteiger partial charge >= 0.3 is 0 Å². The van der Waals surface area contributed by atoms with Gasteiger partial charge in [0.05, 0.1) is 5.02 Å². The third-order valence-corrected chi connectivity index (χ3v) is 4.19. The van der Waals surface area contributed by atoms with Crippen molar-refractivity contribution < 1.29 is 4.39 Å². The number of aromatic nitrogens is 2. The molecule has 0 aliphatic carbocycles. The Bertz CT molecular complexity index is 668. The highest BCUT2D eigenvalue weighted by atomic mass is 35.5. The standard InChI is InChI=1S/C14H17ClFN5S/c1-2-5-22-14-20-12(18)11(17)13(21-14)19-7-8-3-4-9(15)10(16)6-8/h3-4,6H,2,5,7,17H2,1H3,(H3,18,19,20,21). The molecule has 8 heteroatoms. The molecule has 118 valence electrons. The summed E-state index contributed by atoms with van der Waals surface area (Å²) >= 11 is 7.17. The second-order valence-corrected chi connectivity index (χ2v) is 6.07. The van der Waals surface area contributed by atoms with Crippen molar-refractivity contribution in [3.63, 3.8) is 0 Å². The first-order valence-corrected chi connectivity index (χ1v) is 8.11. The van der Waals surface area contributed by atoms with Crippen LogP contribution in [0.3, 0.4) is 0 Å². The lowest BCUT2D eigenvalue weighted by Gasteiger charge is -2.11. The van der Waals surface area contributed by atoms with Gasteiger partial charge in [-0.3, -0.25) is 0 Å². The minimum absolute atomic E-state index is 0.0906. The Morgan fingerprint density at radius 2 is 2.09 bits per heavy atom. The number of thioether (sulfide) groups is 1. The Morgan fingerprint density at radius 3 is 2.77 bits per heavy atom. The molecule has 1 heterocycles. The highest BCUT2D eigenvalue weighted by molar-refractivity contribution is 7.99. The summed E-state index contributed by atoms with van der Waals surface area (Å²) in [6.45, 7) is 2.43. The predicted molar refractivity (Wildman–Crippen MR) is 90.6 cm³/mol. The minimum atomic E-state index is -0.463. The van der Waals surface area contributed by atoms with Crippen LogP contribution < -0.4 is 16.8 Å². The number of benzene rings is 1. The Kier molecular flexibility index (Phi) is 5.68. The van der Waals surface area contributed by atoms with E-state index in [1.54, 1.807) is 6.07 Å². The Hall–Kier alpha value is -1.73. The van der Waals surface area contributed by atoms with Crippen LogP contribution in [-0.2, 0) is 6.54 Å². The topological polar surface area (TPSA) is 89.8 Å². The SMILES string of the molecule is CCCSc1nc(N)c(N)c(NCc2ccc(Cl)c(F)c2)n1. The molecule has 0 saturated carbocycles. The smallest absolute Gasteiger partial charge is 0.191 e. The Balaban J connectivity index is 2.14. The molecule has 0 unspecified atom stereocenters. The molecule has 5 nitrogen and oxygen atoms in total. The average molecular weight is 342 g/mol. The van der Waals surface area contributed by atoms with Crippen LogP contribution in [0.5, 0.6) is 0 Å². The summed E-state index contributed by atoms with van der Waals surface area (Å²) in [6, 6.07) is 4.60. The van der Waals surface area contributed by atoms with Gasteiger partial charge < -0.3 is 16.8 Å². The quantitative estimate of drug-likeness (QED) is 0.550. The van der Waals surface area contributed by atoms with Gasteiger partial charge in [0.1, 0.15) is 11.5 Å². The van der Waals surface area contributed by atoms with Crippen molar-refractivity contribution >= 4 is 40.7 Å². The van der Waals surface area contributed by atoms with Crippen molar-refractivity contribution in [2.24, 2.45) is 0 Å².